The van der Waals surface area contributed by atoms with E-state index >= 15 is 0 Å². The van der Waals surface area contributed by atoms with Crippen molar-refractivity contribution in [1.29, 1.82) is 0 Å². The molecule has 3 aromatic carbocycles. The van der Waals surface area contributed by atoms with Crippen LogP contribution in [0.3, 0.4) is 0 Å². The second kappa shape index (κ2) is 8.85. The molecule has 0 saturated carbocycles. The highest BCUT2D eigenvalue weighted by Crippen LogP contribution is 2.35. The zero-order valence-corrected chi connectivity index (χ0v) is 18.2. The van der Waals surface area contributed by atoms with Crippen LogP contribution in [0.15, 0.2) is 78.5 Å². The molecule has 2 amide bonds. The molecular formula is C25H20ClFN2O3. The second-order valence-electron chi connectivity index (χ2n) is 7.47. The lowest BCUT2D eigenvalue weighted by atomic mass is 10.0. The van der Waals surface area contributed by atoms with E-state index in [1.165, 1.54) is 18.2 Å². The largest absolute Gasteiger partial charge is 0.491 e. The molecule has 1 heterocycles. The number of ether oxygens (including phenoxy) is 1. The third-order valence-corrected chi connectivity index (χ3v) is 5.06. The van der Waals surface area contributed by atoms with Gasteiger partial charge in [0.05, 0.1) is 17.4 Å². The number of benzene rings is 3. The van der Waals surface area contributed by atoms with Crippen molar-refractivity contribution in [2.24, 2.45) is 0 Å². The maximum atomic E-state index is 14.5. The first kappa shape index (κ1) is 21.6. The fraction of sp³-hybridized carbons (Fsp3) is 0.120. The molecule has 32 heavy (non-hydrogen) atoms. The van der Waals surface area contributed by atoms with Crippen molar-refractivity contribution in [3.8, 4) is 5.75 Å². The summed E-state index contributed by atoms with van der Waals surface area (Å²) in [5.41, 5.74) is 1.16. The number of hydrogen-bond acceptors (Lipinski definition) is 4. The fourth-order valence-electron chi connectivity index (χ4n) is 3.42. The Morgan fingerprint density at radius 1 is 0.906 bits per heavy atom. The smallest absolute Gasteiger partial charge is 0.282 e. The number of anilines is 2. The number of hydrogen-bond donors (Lipinski definition) is 1. The van der Waals surface area contributed by atoms with Crippen molar-refractivity contribution in [2.45, 2.75) is 20.0 Å². The molecule has 0 atom stereocenters. The van der Waals surface area contributed by atoms with Crippen LogP contribution in [-0.2, 0) is 9.59 Å². The van der Waals surface area contributed by atoms with Gasteiger partial charge in [-0.15, -0.1) is 0 Å². The van der Waals surface area contributed by atoms with Crippen LogP contribution in [0.1, 0.15) is 19.4 Å². The van der Waals surface area contributed by atoms with Gasteiger partial charge in [-0.3, -0.25) is 9.59 Å². The van der Waals surface area contributed by atoms with E-state index in [9.17, 15) is 14.0 Å². The molecule has 0 fully saturated rings. The summed E-state index contributed by atoms with van der Waals surface area (Å²) < 4.78 is 20.1. The summed E-state index contributed by atoms with van der Waals surface area (Å²) >= 11 is 5.99. The molecule has 0 unspecified atom stereocenters. The molecule has 3 aromatic rings. The highest BCUT2D eigenvalue weighted by Gasteiger charge is 2.41. The Hall–Kier alpha value is -3.64. The molecule has 0 bridgehead atoms. The van der Waals surface area contributed by atoms with E-state index in [4.69, 9.17) is 16.3 Å². The minimum absolute atomic E-state index is 0.0244. The number of carbonyl (C=O) groups is 2. The molecule has 0 radical (unpaired) electrons. The van der Waals surface area contributed by atoms with E-state index in [0.717, 1.165) is 4.90 Å². The number of amides is 2. The number of imide groups is 1. The van der Waals surface area contributed by atoms with Gasteiger partial charge in [0.25, 0.3) is 11.8 Å². The minimum atomic E-state index is -0.666. The molecule has 1 aliphatic heterocycles. The predicted octanol–water partition coefficient (Wildman–Crippen LogP) is 5.66. The van der Waals surface area contributed by atoms with Gasteiger partial charge in [-0.05, 0) is 67.9 Å². The lowest BCUT2D eigenvalue weighted by molar-refractivity contribution is -0.120. The summed E-state index contributed by atoms with van der Waals surface area (Å²) in [6, 6.07) is 19.2. The molecule has 7 heteroatoms. The third kappa shape index (κ3) is 4.22. The van der Waals surface area contributed by atoms with Gasteiger partial charge in [0.2, 0.25) is 0 Å². The summed E-state index contributed by atoms with van der Waals surface area (Å²) in [6.45, 7) is 3.85. The molecule has 5 nitrogen and oxygen atoms in total. The van der Waals surface area contributed by atoms with Crippen LogP contribution < -0.4 is 15.0 Å². The molecule has 4 rings (SSSR count). The topological polar surface area (TPSA) is 58.6 Å². The second-order valence-corrected chi connectivity index (χ2v) is 7.91. The Bertz CT molecular complexity index is 1200. The Morgan fingerprint density at radius 3 is 2.19 bits per heavy atom. The maximum absolute atomic E-state index is 14.5. The Morgan fingerprint density at radius 2 is 1.56 bits per heavy atom. The zero-order valence-electron chi connectivity index (χ0n) is 17.4. The Kier molecular flexibility index (Phi) is 5.97. The number of nitrogens with one attached hydrogen (secondary N) is 1. The lowest BCUT2D eigenvalue weighted by Crippen LogP contribution is -2.33. The van der Waals surface area contributed by atoms with E-state index < -0.39 is 17.6 Å². The van der Waals surface area contributed by atoms with E-state index in [1.54, 1.807) is 54.6 Å². The number of carbonyl (C=O) groups excluding carboxylic acids is 2. The van der Waals surface area contributed by atoms with Gasteiger partial charge in [-0.25, -0.2) is 9.29 Å². The molecule has 0 spiro atoms. The highest BCUT2D eigenvalue weighted by atomic mass is 35.5. The van der Waals surface area contributed by atoms with Crippen molar-refractivity contribution in [3.05, 3.63) is 94.9 Å². The normalized spacial score (nSPS) is 13.8. The minimum Gasteiger partial charge on any atom is -0.491 e. The number of para-hydroxylation sites is 1. The molecule has 1 N–H and O–H groups in total. The molecule has 1 aliphatic rings. The fourth-order valence-corrected chi connectivity index (χ4v) is 3.54. The van der Waals surface area contributed by atoms with Crippen molar-refractivity contribution >= 4 is 40.4 Å². The van der Waals surface area contributed by atoms with Gasteiger partial charge in [0.15, 0.2) is 0 Å². The Balaban J connectivity index is 1.75. The zero-order chi connectivity index (χ0) is 22.8. The first-order valence-corrected chi connectivity index (χ1v) is 10.4. The quantitative estimate of drug-likeness (QED) is 0.492. The van der Waals surface area contributed by atoms with Crippen LogP contribution in [0.5, 0.6) is 5.75 Å². The van der Waals surface area contributed by atoms with E-state index in [-0.39, 0.29) is 23.1 Å². The molecule has 0 aromatic heterocycles. The first-order valence-electron chi connectivity index (χ1n) is 10.0. The molecule has 162 valence electrons. The van der Waals surface area contributed by atoms with Crippen LogP contribution >= 0.6 is 11.6 Å². The summed E-state index contributed by atoms with van der Waals surface area (Å²) in [5.74, 6) is -1.25. The molecule has 0 saturated heterocycles. The van der Waals surface area contributed by atoms with Gasteiger partial charge in [-0.1, -0.05) is 35.9 Å². The van der Waals surface area contributed by atoms with Gasteiger partial charge in [0, 0.05) is 10.7 Å². The average Bonchev–Trinajstić information content (AvgIpc) is 3.00. The van der Waals surface area contributed by atoms with Gasteiger partial charge >= 0.3 is 0 Å². The first-order chi connectivity index (χ1) is 15.3. The van der Waals surface area contributed by atoms with Crippen molar-refractivity contribution in [3.63, 3.8) is 0 Å². The third-order valence-electron chi connectivity index (χ3n) is 4.81. The van der Waals surface area contributed by atoms with Crippen LogP contribution in [0.2, 0.25) is 5.02 Å². The van der Waals surface area contributed by atoms with E-state index in [0.29, 0.717) is 22.0 Å². The van der Waals surface area contributed by atoms with Gasteiger partial charge in [0.1, 0.15) is 17.3 Å². The Labute approximate surface area is 190 Å². The molecular weight excluding hydrogens is 431 g/mol. The summed E-state index contributed by atoms with van der Waals surface area (Å²) in [6.07, 6.45) is 0.0244. The van der Waals surface area contributed by atoms with Crippen LogP contribution in [0, 0.1) is 5.82 Å². The van der Waals surface area contributed by atoms with E-state index in [2.05, 4.69) is 5.32 Å². The van der Waals surface area contributed by atoms with E-state index in [1.807, 2.05) is 13.8 Å². The van der Waals surface area contributed by atoms with Crippen LogP contribution in [0.25, 0.3) is 5.57 Å². The maximum Gasteiger partial charge on any atom is 0.282 e. The SMILES string of the molecule is CC(C)Oc1ccc(NC2=C(c3ccc(Cl)cc3)C(=O)N(c3ccccc3F)C2=O)cc1. The average molecular weight is 451 g/mol. The van der Waals surface area contributed by atoms with Crippen molar-refractivity contribution in [2.75, 3.05) is 10.2 Å². The standard InChI is InChI=1S/C25H20ClFN2O3/c1-15(2)32-19-13-11-18(12-14-19)28-23-22(16-7-9-17(26)10-8-16)24(30)29(25(23)31)21-6-4-3-5-20(21)27/h3-15,28H,1-2H3. The lowest BCUT2D eigenvalue weighted by Gasteiger charge is -2.16. The highest BCUT2D eigenvalue weighted by molar-refractivity contribution is 6.46. The van der Waals surface area contributed by atoms with Crippen LogP contribution in [0.4, 0.5) is 15.8 Å². The van der Waals surface area contributed by atoms with Crippen LogP contribution in [-0.4, -0.2) is 17.9 Å². The van der Waals surface area contributed by atoms with Crippen molar-refractivity contribution in [1.82, 2.24) is 0 Å². The predicted molar refractivity (Wildman–Crippen MR) is 123 cm³/mol. The van der Waals surface area contributed by atoms with Gasteiger partial charge in [-0.2, -0.15) is 0 Å². The summed E-state index contributed by atoms with van der Waals surface area (Å²) in [5, 5.41) is 3.53. The monoisotopic (exact) mass is 450 g/mol. The molecule has 0 aliphatic carbocycles. The number of halogens is 2. The van der Waals surface area contributed by atoms with Crippen molar-refractivity contribution < 1.29 is 18.7 Å². The summed E-state index contributed by atoms with van der Waals surface area (Å²) in [4.78, 5) is 27.5. The number of rotatable bonds is 6. The van der Waals surface area contributed by atoms with Gasteiger partial charge < -0.3 is 10.1 Å². The summed E-state index contributed by atoms with van der Waals surface area (Å²) in [7, 11) is 0. The number of nitrogens with zero attached hydrogens (tertiary/aromatic N) is 1.